The van der Waals surface area contributed by atoms with Crippen LogP contribution in [0.3, 0.4) is 0 Å². The van der Waals surface area contributed by atoms with Crippen LogP contribution in [0.4, 0.5) is 5.69 Å². The predicted molar refractivity (Wildman–Crippen MR) is 99.5 cm³/mol. The van der Waals surface area contributed by atoms with Gasteiger partial charge < -0.3 is 10.2 Å². The highest BCUT2D eigenvalue weighted by atomic mass is 35.5. The van der Waals surface area contributed by atoms with E-state index in [2.05, 4.69) is 22.3 Å². The van der Waals surface area contributed by atoms with Gasteiger partial charge in [0.15, 0.2) is 0 Å². The van der Waals surface area contributed by atoms with Crippen LogP contribution >= 0.6 is 24.0 Å². The molecule has 2 rings (SSSR count). The molecule has 124 valence electrons. The number of hydrogen-bond donors (Lipinski definition) is 1. The molecule has 23 heavy (non-hydrogen) atoms. The summed E-state index contributed by atoms with van der Waals surface area (Å²) in [5.74, 6) is 0.00489. The summed E-state index contributed by atoms with van der Waals surface area (Å²) in [6, 6.07) is 15.8. The molecule has 0 radical (unpaired) electrons. The minimum Gasteiger partial charge on any atom is -0.326 e. The zero-order chi connectivity index (χ0) is 15.9. The van der Waals surface area contributed by atoms with Gasteiger partial charge in [-0.2, -0.15) is 0 Å². The molecule has 0 aliphatic rings. The smallest absolute Gasteiger partial charge is 0.225 e. The average molecular weight is 353 g/mol. The van der Waals surface area contributed by atoms with E-state index >= 15 is 0 Å². The number of amides is 1. The maximum atomic E-state index is 12.1. The Morgan fingerprint density at radius 3 is 2.52 bits per heavy atom. The maximum Gasteiger partial charge on any atom is 0.225 e. The number of rotatable bonds is 6. The first-order valence-electron chi connectivity index (χ1n) is 7.33. The highest BCUT2D eigenvalue weighted by molar-refractivity contribution is 6.31. The molecule has 0 bridgehead atoms. The molecule has 1 N–H and O–H groups in total. The van der Waals surface area contributed by atoms with Crippen molar-refractivity contribution in [2.24, 2.45) is 0 Å². The van der Waals surface area contributed by atoms with Crippen molar-refractivity contribution in [2.75, 3.05) is 18.9 Å². The first-order chi connectivity index (χ1) is 10.6. The van der Waals surface area contributed by atoms with Gasteiger partial charge in [-0.3, -0.25) is 4.79 Å². The Balaban J connectivity index is 0.00000264. The molecule has 2 aromatic rings. The normalized spacial score (nSPS) is 10.3. The molecule has 0 fully saturated rings. The minimum atomic E-state index is 0. The molecule has 0 saturated heterocycles. The van der Waals surface area contributed by atoms with Crippen LogP contribution in [-0.4, -0.2) is 24.4 Å². The van der Waals surface area contributed by atoms with Crippen molar-refractivity contribution in [2.45, 2.75) is 19.9 Å². The second-order valence-electron chi connectivity index (χ2n) is 5.43. The van der Waals surface area contributed by atoms with Crippen molar-refractivity contribution in [3.8, 4) is 0 Å². The molecule has 1 amide bonds. The van der Waals surface area contributed by atoms with E-state index in [9.17, 15) is 4.79 Å². The van der Waals surface area contributed by atoms with Crippen LogP contribution in [0.15, 0.2) is 48.5 Å². The van der Waals surface area contributed by atoms with Gasteiger partial charge in [0.2, 0.25) is 5.91 Å². The zero-order valence-corrected chi connectivity index (χ0v) is 15.0. The van der Waals surface area contributed by atoms with Gasteiger partial charge in [-0.15, -0.1) is 12.4 Å². The number of carbonyl (C=O) groups excluding carboxylic acids is 1. The predicted octanol–water partition coefficient (Wildman–Crippen LogP) is 4.53. The summed E-state index contributed by atoms with van der Waals surface area (Å²) >= 11 is 6.06. The van der Waals surface area contributed by atoms with Crippen molar-refractivity contribution in [3.05, 3.63) is 64.7 Å². The Hall–Kier alpha value is -1.55. The lowest BCUT2D eigenvalue weighted by molar-refractivity contribution is -0.116. The molecule has 5 heteroatoms. The van der Waals surface area contributed by atoms with Gasteiger partial charge in [0.1, 0.15) is 0 Å². The summed E-state index contributed by atoms with van der Waals surface area (Å²) in [4.78, 5) is 14.2. The number of nitrogens with zero attached hydrogens (tertiary/aromatic N) is 1. The summed E-state index contributed by atoms with van der Waals surface area (Å²) in [7, 11) is 2.02. The monoisotopic (exact) mass is 352 g/mol. The molecule has 0 saturated carbocycles. The van der Waals surface area contributed by atoms with Crippen molar-refractivity contribution in [1.29, 1.82) is 0 Å². The number of anilines is 1. The molecule has 3 nitrogen and oxygen atoms in total. The van der Waals surface area contributed by atoms with E-state index in [0.29, 0.717) is 18.0 Å². The Labute approximate surface area is 149 Å². The van der Waals surface area contributed by atoms with Crippen molar-refractivity contribution < 1.29 is 4.79 Å². The number of halogens is 2. The van der Waals surface area contributed by atoms with Gasteiger partial charge in [0.05, 0.1) is 0 Å². The summed E-state index contributed by atoms with van der Waals surface area (Å²) in [5, 5.41) is 3.59. The van der Waals surface area contributed by atoms with E-state index in [1.165, 1.54) is 5.56 Å². The van der Waals surface area contributed by atoms with Crippen molar-refractivity contribution in [1.82, 2.24) is 4.90 Å². The van der Waals surface area contributed by atoms with Crippen molar-refractivity contribution in [3.63, 3.8) is 0 Å². The van der Waals surface area contributed by atoms with Crippen LogP contribution in [-0.2, 0) is 11.3 Å². The lowest BCUT2D eigenvalue weighted by atomic mass is 10.2. The second kappa shape index (κ2) is 9.56. The fourth-order valence-corrected chi connectivity index (χ4v) is 2.40. The van der Waals surface area contributed by atoms with E-state index in [-0.39, 0.29) is 18.3 Å². The topological polar surface area (TPSA) is 32.3 Å². The highest BCUT2D eigenvalue weighted by Gasteiger charge is 2.08. The minimum absolute atomic E-state index is 0. The summed E-state index contributed by atoms with van der Waals surface area (Å²) in [6.07, 6.45) is 0.454. The summed E-state index contributed by atoms with van der Waals surface area (Å²) in [5.41, 5.74) is 2.93. The quantitative estimate of drug-likeness (QED) is 0.828. The van der Waals surface area contributed by atoms with Gasteiger partial charge in [-0.05, 0) is 37.2 Å². The summed E-state index contributed by atoms with van der Waals surface area (Å²) in [6.45, 7) is 3.45. The third-order valence-electron chi connectivity index (χ3n) is 3.56. The first-order valence-corrected chi connectivity index (χ1v) is 7.71. The standard InChI is InChI=1S/C18H21ClN2O.ClH/c1-14-16(19)9-6-10-17(14)20-18(22)11-12-21(2)13-15-7-4-3-5-8-15;/h3-10H,11-13H2,1-2H3,(H,20,22);1H. The van der Waals surface area contributed by atoms with Crippen molar-refractivity contribution >= 4 is 35.6 Å². The number of hydrogen-bond acceptors (Lipinski definition) is 2. The third-order valence-corrected chi connectivity index (χ3v) is 3.97. The molecule has 0 atom stereocenters. The largest absolute Gasteiger partial charge is 0.326 e. The van der Waals surface area contributed by atoms with Gasteiger partial charge in [-0.25, -0.2) is 0 Å². The fraction of sp³-hybridized carbons (Fsp3) is 0.278. The average Bonchev–Trinajstić information content (AvgIpc) is 2.51. The molecular weight excluding hydrogens is 331 g/mol. The van der Waals surface area contributed by atoms with E-state index in [0.717, 1.165) is 17.8 Å². The second-order valence-corrected chi connectivity index (χ2v) is 5.84. The number of carbonyl (C=O) groups is 1. The lowest BCUT2D eigenvalue weighted by Crippen LogP contribution is -2.24. The SMILES string of the molecule is Cc1c(Cl)cccc1NC(=O)CCN(C)Cc1ccccc1.Cl. The molecule has 0 aliphatic carbocycles. The molecule has 0 aliphatic heterocycles. The van der Waals surface area contributed by atoms with E-state index < -0.39 is 0 Å². The Morgan fingerprint density at radius 2 is 1.83 bits per heavy atom. The molecule has 0 heterocycles. The van der Waals surface area contributed by atoms with Gasteiger partial charge in [-0.1, -0.05) is 48.0 Å². The van der Waals surface area contributed by atoms with Gasteiger partial charge in [0, 0.05) is 30.2 Å². The van der Waals surface area contributed by atoms with Crippen LogP contribution in [0.1, 0.15) is 17.5 Å². The Kier molecular flexibility index (Phi) is 8.10. The highest BCUT2D eigenvalue weighted by Crippen LogP contribution is 2.22. The molecule has 0 aromatic heterocycles. The van der Waals surface area contributed by atoms with Gasteiger partial charge >= 0.3 is 0 Å². The molecule has 2 aromatic carbocycles. The molecule has 0 unspecified atom stereocenters. The Morgan fingerprint density at radius 1 is 1.13 bits per heavy atom. The van der Waals surface area contributed by atoms with Crippen LogP contribution in [0, 0.1) is 6.92 Å². The number of nitrogens with one attached hydrogen (secondary N) is 1. The lowest BCUT2D eigenvalue weighted by Gasteiger charge is -2.16. The zero-order valence-electron chi connectivity index (χ0n) is 13.4. The van der Waals surface area contributed by atoms with E-state index in [1.54, 1.807) is 0 Å². The third kappa shape index (κ3) is 6.22. The Bertz CT molecular complexity index is 632. The van der Waals surface area contributed by atoms with Crippen LogP contribution in [0.5, 0.6) is 0 Å². The molecular formula is C18H22Cl2N2O. The number of benzene rings is 2. The fourth-order valence-electron chi connectivity index (χ4n) is 2.22. The van der Waals surface area contributed by atoms with E-state index in [1.807, 2.05) is 50.4 Å². The van der Waals surface area contributed by atoms with Crippen LogP contribution in [0.25, 0.3) is 0 Å². The van der Waals surface area contributed by atoms with Crippen LogP contribution in [0.2, 0.25) is 5.02 Å². The maximum absolute atomic E-state index is 12.1. The van der Waals surface area contributed by atoms with E-state index in [4.69, 9.17) is 11.6 Å². The molecule has 0 spiro atoms. The first kappa shape index (κ1) is 19.5. The van der Waals surface area contributed by atoms with Gasteiger partial charge in [0.25, 0.3) is 0 Å². The van der Waals surface area contributed by atoms with Crippen LogP contribution < -0.4 is 5.32 Å². The summed E-state index contributed by atoms with van der Waals surface area (Å²) < 4.78 is 0.